The fraction of sp³-hybridized carbons (Fsp3) is 0.758. The molecule has 4 aliphatic carbocycles. The molecule has 4 nitrogen and oxygen atoms in total. The van der Waals surface area contributed by atoms with Crippen LogP contribution in [0.1, 0.15) is 107 Å². The summed E-state index contributed by atoms with van der Waals surface area (Å²) < 4.78 is 25.4. The van der Waals surface area contributed by atoms with Crippen LogP contribution in [0.15, 0.2) is 46.1 Å². The summed E-state index contributed by atoms with van der Waals surface area (Å²) >= 11 is 0. The maximum Gasteiger partial charge on any atom is 0.156 e. The van der Waals surface area contributed by atoms with Gasteiger partial charge in [-0.25, -0.2) is 0 Å². The van der Waals surface area contributed by atoms with Crippen molar-refractivity contribution < 1.29 is 18.9 Å². The molecule has 0 N–H and O–H groups in total. The molecule has 0 aromatic rings. The van der Waals surface area contributed by atoms with Gasteiger partial charge in [0.2, 0.25) is 0 Å². The third-order valence-corrected chi connectivity index (χ3v) is 8.89. The van der Waals surface area contributed by atoms with Crippen LogP contribution in [0.25, 0.3) is 0 Å². The van der Waals surface area contributed by atoms with Gasteiger partial charge in [0.15, 0.2) is 5.76 Å². The van der Waals surface area contributed by atoms with Crippen molar-refractivity contribution in [2.45, 2.75) is 113 Å². The van der Waals surface area contributed by atoms with E-state index < -0.39 is 0 Å². The fourth-order valence-electron chi connectivity index (χ4n) is 7.51. The predicted molar refractivity (Wildman–Crippen MR) is 151 cm³/mol. The number of hydrogen-bond donors (Lipinski definition) is 0. The third-order valence-electron chi connectivity index (χ3n) is 8.89. The maximum atomic E-state index is 6.44. The Bertz CT molecular complexity index is 963. The van der Waals surface area contributed by atoms with Crippen LogP contribution in [0.4, 0.5) is 0 Å². The van der Waals surface area contributed by atoms with Gasteiger partial charge in [0.25, 0.3) is 0 Å². The maximum absolute atomic E-state index is 6.44. The minimum absolute atomic E-state index is 0.0113. The lowest BCUT2D eigenvalue weighted by atomic mass is 9.69. The van der Waals surface area contributed by atoms with Crippen LogP contribution in [0.3, 0.4) is 0 Å². The molecule has 3 atom stereocenters. The van der Waals surface area contributed by atoms with E-state index in [-0.39, 0.29) is 22.3 Å². The molecule has 0 amide bonds. The Morgan fingerprint density at radius 3 is 2.08 bits per heavy atom. The summed E-state index contributed by atoms with van der Waals surface area (Å²) in [4.78, 5) is 0. The first-order chi connectivity index (χ1) is 17.6. The van der Waals surface area contributed by atoms with E-state index in [1.807, 2.05) is 0 Å². The van der Waals surface area contributed by atoms with Crippen molar-refractivity contribution >= 4 is 0 Å². The largest absolute Gasteiger partial charge is 0.495 e. The second kappa shape index (κ2) is 11.2. The minimum atomic E-state index is 0.0113. The van der Waals surface area contributed by atoms with E-state index in [0.29, 0.717) is 5.92 Å². The highest BCUT2D eigenvalue weighted by atomic mass is 16.5. The van der Waals surface area contributed by atoms with E-state index in [1.54, 1.807) is 11.1 Å². The van der Waals surface area contributed by atoms with Crippen LogP contribution in [0, 0.1) is 22.2 Å². The van der Waals surface area contributed by atoms with Gasteiger partial charge in [0.05, 0.1) is 19.8 Å². The summed E-state index contributed by atoms with van der Waals surface area (Å²) in [7, 11) is 0. The molecular weight excluding hydrogens is 460 g/mol. The van der Waals surface area contributed by atoms with Gasteiger partial charge in [-0.1, -0.05) is 66.5 Å². The Balaban J connectivity index is 1.82. The lowest BCUT2D eigenvalue weighted by molar-refractivity contribution is 0.0258. The first-order valence-corrected chi connectivity index (χ1v) is 15.0. The zero-order chi connectivity index (χ0) is 26.8. The van der Waals surface area contributed by atoms with Crippen LogP contribution >= 0.6 is 0 Å². The summed E-state index contributed by atoms with van der Waals surface area (Å²) in [5.74, 6) is 3.53. The summed E-state index contributed by atoms with van der Waals surface area (Å²) in [6.07, 6.45) is 13.0. The summed E-state index contributed by atoms with van der Waals surface area (Å²) in [6, 6.07) is 0. The molecule has 1 saturated carbocycles. The van der Waals surface area contributed by atoms with Gasteiger partial charge < -0.3 is 18.9 Å². The van der Waals surface area contributed by atoms with Gasteiger partial charge in [-0.3, -0.25) is 0 Å². The minimum Gasteiger partial charge on any atom is -0.495 e. The zero-order valence-electron chi connectivity index (χ0n) is 24.9. The van der Waals surface area contributed by atoms with E-state index in [2.05, 4.69) is 67.5 Å². The molecule has 0 radical (unpaired) electrons. The molecule has 0 heterocycles. The van der Waals surface area contributed by atoms with E-state index in [9.17, 15) is 0 Å². The van der Waals surface area contributed by atoms with Crippen LogP contribution in [-0.4, -0.2) is 32.5 Å². The van der Waals surface area contributed by atoms with Gasteiger partial charge in [0.1, 0.15) is 17.6 Å². The Labute approximate surface area is 226 Å². The molecule has 4 aliphatic rings. The molecule has 4 heteroatoms. The second-order valence-corrected chi connectivity index (χ2v) is 13.0. The van der Waals surface area contributed by atoms with Gasteiger partial charge in [0, 0.05) is 24.9 Å². The number of allylic oxidation sites excluding steroid dienone is 5. The van der Waals surface area contributed by atoms with Crippen molar-refractivity contribution in [1.29, 1.82) is 0 Å². The topological polar surface area (TPSA) is 36.9 Å². The molecule has 1 fully saturated rings. The molecule has 0 saturated heterocycles. The molecular formula is C33H52O4. The lowest BCUT2D eigenvalue weighted by Gasteiger charge is -2.37. The molecule has 4 rings (SSSR count). The molecule has 0 bridgehead atoms. The molecule has 37 heavy (non-hydrogen) atoms. The summed E-state index contributed by atoms with van der Waals surface area (Å²) in [5.41, 5.74) is 4.97. The van der Waals surface area contributed by atoms with E-state index in [1.165, 1.54) is 12.0 Å². The summed E-state index contributed by atoms with van der Waals surface area (Å²) in [6.45, 7) is 21.5. The number of fused-ring (bicyclic) bond motifs is 3. The van der Waals surface area contributed by atoms with Gasteiger partial charge in [-0.05, 0) is 73.0 Å². The van der Waals surface area contributed by atoms with Crippen LogP contribution < -0.4 is 0 Å². The summed E-state index contributed by atoms with van der Waals surface area (Å²) in [5, 5.41) is 0. The Hall–Kier alpha value is -1.68. The number of ether oxygens (including phenoxy) is 4. The predicted octanol–water partition coefficient (Wildman–Crippen LogP) is 8.65. The highest BCUT2D eigenvalue weighted by molar-refractivity contribution is 5.55. The first kappa shape index (κ1) is 28.3. The number of hydrogen-bond acceptors (Lipinski definition) is 4. The average molecular weight is 513 g/mol. The van der Waals surface area contributed by atoms with Crippen molar-refractivity contribution in [3.8, 4) is 0 Å². The number of rotatable bonds is 12. The van der Waals surface area contributed by atoms with Gasteiger partial charge >= 0.3 is 0 Å². The van der Waals surface area contributed by atoms with Crippen molar-refractivity contribution in [2.24, 2.45) is 22.2 Å². The fourth-order valence-corrected chi connectivity index (χ4v) is 7.51. The van der Waals surface area contributed by atoms with E-state index in [4.69, 9.17) is 18.9 Å². The monoisotopic (exact) mass is 512 g/mol. The normalized spacial score (nSPS) is 29.7. The van der Waals surface area contributed by atoms with Crippen molar-refractivity contribution in [1.82, 2.24) is 0 Å². The Morgan fingerprint density at radius 1 is 0.757 bits per heavy atom. The van der Waals surface area contributed by atoms with Crippen LogP contribution in [-0.2, 0) is 18.9 Å². The average Bonchev–Trinajstić information content (AvgIpc) is 3.21. The van der Waals surface area contributed by atoms with Crippen molar-refractivity contribution in [2.75, 3.05) is 26.4 Å². The standard InChI is InChI=1S/C33H52O4/c1-9-13-34-27-17-23-25(19-29(27)36-15-11-3)33(21-31(23,5)6)22-32(7,8)24-18-28(35-14-10-2)30(20-26(24)33)37-16-12-4/h17,20,24,29H,9-16,18-19,21-22H2,1-8H3. The smallest absolute Gasteiger partial charge is 0.156 e. The van der Waals surface area contributed by atoms with Gasteiger partial charge in [-0.15, -0.1) is 0 Å². The van der Waals surface area contributed by atoms with Crippen molar-refractivity contribution in [3.63, 3.8) is 0 Å². The highest BCUT2D eigenvalue weighted by Gasteiger charge is 2.62. The van der Waals surface area contributed by atoms with Crippen molar-refractivity contribution in [3.05, 3.63) is 46.1 Å². The van der Waals surface area contributed by atoms with E-state index >= 15 is 0 Å². The third kappa shape index (κ3) is 5.29. The molecule has 208 valence electrons. The van der Waals surface area contributed by atoms with Crippen LogP contribution in [0.2, 0.25) is 0 Å². The Morgan fingerprint density at radius 2 is 1.41 bits per heavy atom. The SMILES string of the molecule is CCCOC1=CC2=C(CC1OCCC)C1(CC2(C)C)CC(C)(C)C2CC(OCCC)=C(OCCC)C=C21. The zero-order valence-corrected chi connectivity index (χ0v) is 24.9. The lowest BCUT2D eigenvalue weighted by Crippen LogP contribution is -2.29. The molecule has 1 spiro atoms. The first-order valence-electron chi connectivity index (χ1n) is 15.0. The second-order valence-electron chi connectivity index (χ2n) is 13.0. The Kier molecular flexibility index (Phi) is 8.58. The highest BCUT2D eigenvalue weighted by Crippen LogP contribution is 2.71. The van der Waals surface area contributed by atoms with Crippen LogP contribution in [0.5, 0.6) is 0 Å². The molecule has 3 unspecified atom stereocenters. The van der Waals surface area contributed by atoms with Gasteiger partial charge in [-0.2, -0.15) is 0 Å². The quantitative estimate of drug-likeness (QED) is 0.262. The molecule has 0 aromatic carbocycles. The molecule has 0 aliphatic heterocycles. The molecule has 0 aromatic heterocycles. The van der Waals surface area contributed by atoms with E-state index in [0.717, 1.165) is 88.7 Å².